The van der Waals surface area contributed by atoms with Gasteiger partial charge in [0.25, 0.3) is 0 Å². The van der Waals surface area contributed by atoms with Crippen molar-refractivity contribution in [2.45, 2.75) is 13.3 Å². The van der Waals surface area contributed by atoms with E-state index in [1.54, 1.807) is 11.3 Å². The molecule has 1 aliphatic heterocycles. The van der Waals surface area contributed by atoms with Crippen LogP contribution >= 0.6 is 11.3 Å². The number of carbonyl (C=O) groups is 1. The average molecular weight is 194 g/mol. The maximum atomic E-state index is 11.7. The second-order valence-corrected chi connectivity index (χ2v) is 4.10. The summed E-state index contributed by atoms with van der Waals surface area (Å²) in [5, 5.41) is 1.88. The lowest BCUT2D eigenvalue weighted by atomic mass is 10.2. The lowest BCUT2D eigenvalue weighted by molar-refractivity contribution is 0.0942. The Balaban J connectivity index is 2.22. The van der Waals surface area contributed by atoms with Gasteiger partial charge in [-0.25, -0.2) is 0 Å². The van der Waals surface area contributed by atoms with Crippen molar-refractivity contribution < 1.29 is 9.53 Å². The molecule has 0 aromatic carbocycles. The van der Waals surface area contributed by atoms with E-state index in [-0.39, 0.29) is 5.78 Å². The van der Waals surface area contributed by atoms with Gasteiger partial charge in [-0.15, -0.1) is 11.3 Å². The Bertz CT molecular complexity index is 363. The zero-order valence-corrected chi connectivity index (χ0v) is 8.19. The topological polar surface area (TPSA) is 26.3 Å². The van der Waals surface area contributed by atoms with Gasteiger partial charge in [-0.3, -0.25) is 4.79 Å². The first-order chi connectivity index (χ1) is 6.27. The number of Topliss-reactive ketones (excluding diaryl/α,β-unsaturated/α-hetero) is 1. The van der Waals surface area contributed by atoms with Gasteiger partial charge in [0.05, 0.1) is 6.61 Å². The largest absolute Gasteiger partial charge is 0.489 e. The molecule has 0 saturated carbocycles. The molecular weight excluding hydrogens is 184 g/mol. The molecule has 2 heterocycles. The molecule has 0 saturated heterocycles. The van der Waals surface area contributed by atoms with E-state index in [0.717, 1.165) is 16.9 Å². The number of carbonyl (C=O) groups excluding carboxylic acids is 1. The highest BCUT2D eigenvalue weighted by Gasteiger charge is 2.17. The minimum absolute atomic E-state index is 0.0156. The van der Waals surface area contributed by atoms with Gasteiger partial charge in [0.15, 0.2) is 5.76 Å². The summed E-state index contributed by atoms with van der Waals surface area (Å²) in [5.41, 5.74) is 0.746. The number of rotatable bonds is 2. The Morgan fingerprint density at radius 3 is 3.00 bits per heavy atom. The Morgan fingerprint density at radius 2 is 2.46 bits per heavy atom. The standard InChI is InChI=1S/C10H10O2S/c1-7-5-8(6-13-7)10(11)9-3-2-4-12-9/h3,5-6H,2,4H2,1H3. The Hall–Kier alpha value is -1.09. The summed E-state index contributed by atoms with van der Waals surface area (Å²) >= 11 is 1.59. The van der Waals surface area contributed by atoms with Crippen LogP contribution in [0.25, 0.3) is 0 Å². The van der Waals surface area contributed by atoms with Gasteiger partial charge in [0, 0.05) is 22.2 Å². The minimum atomic E-state index is 0.0156. The van der Waals surface area contributed by atoms with Crippen LogP contribution in [0, 0.1) is 6.92 Å². The van der Waals surface area contributed by atoms with Crippen LogP contribution in [0.3, 0.4) is 0 Å². The quantitative estimate of drug-likeness (QED) is 0.676. The van der Waals surface area contributed by atoms with Crippen molar-refractivity contribution in [1.82, 2.24) is 0 Å². The molecule has 2 rings (SSSR count). The molecule has 3 heteroatoms. The first-order valence-corrected chi connectivity index (χ1v) is 5.08. The summed E-state index contributed by atoms with van der Waals surface area (Å²) in [5.74, 6) is 0.527. The monoisotopic (exact) mass is 194 g/mol. The molecular formula is C10H10O2S. The van der Waals surface area contributed by atoms with Crippen LogP contribution in [-0.2, 0) is 4.74 Å². The van der Waals surface area contributed by atoms with Crippen LogP contribution in [-0.4, -0.2) is 12.4 Å². The zero-order valence-electron chi connectivity index (χ0n) is 7.37. The Kier molecular flexibility index (Phi) is 2.19. The molecule has 0 spiro atoms. The third-order valence-corrected chi connectivity index (χ3v) is 2.78. The maximum Gasteiger partial charge on any atom is 0.228 e. The number of ketones is 1. The van der Waals surface area contributed by atoms with Crippen molar-refractivity contribution >= 4 is 17.1 Å². The molecule has 0 aliphatic carbocycles. The van der Waals surface area contributed by atoms with Crippen LogP contribution in [0.1, 0.15) is 21.7 Å². The summed E-state index contributed by atoms with van der Waals surface area (Å²) in [6, 6.07) is 1.90. The molecule has 0 fully saturated rings. The summed E-state index contributed by atoms with van der Waals surface area (Å²) in [7, 11) is 0. The molecule has 1 aromatic heterocycles. The summed E-state index contributed by atoms with van der Waals surface area (Å²) in [6.07, 6.45) is 2.71. The maximum absolute atomic E-state index is 11.7. The molecule has 0 unspecified atom stereocenters. The lowest BCUT2D eigenvalue weighted by Gasteiger charge is -1.99. The van der Waals surface area contributed by atoms with Gasteiger partial charge in [0.1, 0.15) is 0 Å². The lowest BCUT2D eigenvalue weighted by Crippen LogP contribution is -2.02. The van der Waals surface area contributed by atoms with Crippen LogP contribution in [0.4, 0.5) is 0 Å². The zero-order chi connectivity index (χ0) is 9.26. The van der Waals surface area contributed by atoms with Gasteiger partial charge >= 0.3 is 0 Å². The van der Waals surface area contributed by atoms with Gasteiger partial charge in [-0.1, -0.05) is 0 Å². The van der Waals surface area contributed by atoms with Gasteiger partial charge in [-0.2, -0.15) is 0 Å². The first kappa shape index (κ1) is 8.51. The molecule has 2 nitrogen and oxygen atoms in total. The SMILES string of the molecule is Cc1cc(C(=O)C2=CCCO2)cs1. The Labute approximate surface area is 80.8 Å². The van der Waals surface area contributed by atoms with E-state index in [1.165, 1.54) is 0 Å². The van der Waals surface area contributed by atoms with Crippen LogP contribution in [0.2, 0.25) is 0 Å². The summed E-state index contributed by atoms with van der Waals surface area (Å²) < 4.78 is 5.19. The third-order valence-electron chi connectivity index (χ3n) is 1.92. The smallest absolute Gasteiger partial charge is 0.228 e. The van der Waals surface area contributed by atoms with E-state index in [1.807, 2.05) is 24.4 Å². The molecule has 13 heavy (non-hydrogen) atoms. The van der Waals surface area contributed by atoms with E-state index in [2.05, 4.69) is 0 Å². The van der Waals surface area contributed by atoms with Crippen LogP contribution in [0.15, 0.2) is 23.3 Å². The Morgan fingerprint density at radius 1 is 1.62 bits per heavy atom. The number of allylic oxidation sites excluding steroid dienone is 1. The van der Waals surface area contributed by atoms with Gasteiger partial charge < -0.3 is 4.74 Å². The van der Waals surface area contributed by atoms with Crippen LogP contribution < -0.4 is 0 Å². The van der Waals surface area contributed by atoms with E-state index in [4.69, 9.17) is 4.74 Å². The number of hydrogen-bond acceptors (Lipinski definition) is 3. The fourth-order valence-electron chi connectivity index (χ4n) is 1.28. The first-order valence-electron chi connectivity index (χ1n) is 4.20. The fourth-order valence-corrected chi connectivity index (χ4v) is 1.96. The molecule has 0 radical (unpaired) electrons. The molecule has 1 aliphatic rings. The second-order valence-electron chi connectivity index (χ2n) is 2.98. The highest BCUT2D eigenvalue weighted by molar-refractivity contribution is 7.10. The van der Waals surface area contributed by atoms with Gasteiger partial charge in [-0.05, 0) is 19.1 Å². The molecule has 68 valence electrons. The van der Waals surface area contributed by atoms with E-state index in [9.17, 15) is 4.79 Å². The highest BCUT2D eigenvalue weighted by atomic mass is 32.1. The molecule has 1 aromatic rings. The predicted octanol–water partition coefficient (Wildman–Crippen LogP) is 2.54. The molecule has 0 amide bonds. The fraction of sp³-hybridized carbons (Fsp3) is 0.300. The van der Waals surface area contributed by atoms with Crippen molar-refractivity contribution in [1.29, 1.82) is 0 Å². The number of thiophene rings is 1. The van der Waals surface area contributed by atoms with Crippen molar-refractivity contribution in [3.05, 3.63) is 33.7 Å². The number of ether oxygens (including phenoxy) is 1. The number of hydrogen-bond donors (Lipinski definition) is 0. The summed E-state index contributed by atoms with van der Waals surface area (Å²) in [4.78, 5) is 12.8. The summed E-state index contributed by atoms with van der Waals surface area (Å²) in [6.45, 7) is 2.63. The van der Waals surface area contributed by atoms with Crippen molar-refractivity contribution in [3.63, 3.8) is 0 Å². The van der Waals surface area contributed by atoms with Crippen molar-refractivity contribution in [2.75, 3.05) is 6.61 Å². The highest BCUT2D eigenvalue weighted by Crippen LogP contribution is 2.19. The third kappa shape index (κ3) is 1.65. The normalized spacial score (nSPS) is 15.3. The van der Waals surface area contributed by atoms with E-state index in [0.29, 0.717) is 12.4 Å². The number of aryl methyl sites for hydroxylation is 1. The van der Waals surface area contributed by atoms with E-state index < -0.39 is 0 Å². The molecule has 0 N–H and O–H groups in total. The van der Waals surface area contributed by atoms with E-state index >= 15 is 0 Å². The van der Waals surface area contributed by atoms with Crippen molar-refractivity contribution in [3.8, 4) is 0 Å². The van der Waals surface area contributed by atoms with Crippen molar-refractivity contribution in [2.24, 2.45) is 0 Å². The van der Waals surface area contributed by atoms with Crippen LogP contribution in [0.5, 0.6) is 0 Å². The molecule has 0 bridgehead atoms. The minimum Gasteiger partial charge on any atom is -0.489 e. The second kappa shape index (κ2) is 3.34. The predicted molar refractivity (Wildman–Crippen MR) is 52.0 cm³/mol. The molecule has 0 atom stereocenters. The van der Waals surface area contributed by atoms with Gasteiger partial charge in [0.2, 0.25) is 5.78 Å². The average Bonchev–Trinajstić information content (AvgIpc) is 2.72.